The smallest absolute Gasteiger partial charge is 0.220 e. The lowest BCUT2D eigenvalue weighted by atomic mass is 10.1. The number of benzene rings is 1. The van der Waals surface area contributed by atoms with Crippen molar-refractivity contribution < 1.29 is 4.79 Å². The van der Waals surface area contributed by atoms with Crippen LogP contribution in [0.5, 0.6) is 0 Å². The largest absolute Gasteiger partial charge is 0.356 e. The van der Waals surface area contributed by atoms with E-state index in [1.807, 2.05) is 18.2 Å². The summed E-state index contributed by atoms with van der Waals surface area (Å²) in [5, 5.41) is 2.91. The van der Waals surface area contributed by atoms with Gasteiger partial charge < -0.3 is 11.1 Å². The Hall–Kier alpha value is -1.06. The molecule has 0 aromatic heterocycles. The van der Waals surface area contributed by atoms with Crippen LogP contribution in [0.3, 0.4) is 0 Å². The van der Waals surface area contributed by atoms with Gasteiger partial charge in [-0.25, -0.2) is 0 Å². The Morgan fingerprint density at radius 3 is 2.50 bits per heavy atom. The zero-order chi connectivity index (χ0) is 12.3. The van der Waals surface area contributed by atoms with E-state index in [0.29, 0.717) is 13.0 Å². The molecule has 0 saturated heterocycles. The third kappa shape index (κ3) is 8.09. The van der Waals surface area contributed by atoms with Gasteiger partial charge in [-0.1, -0.05) is 30.3 Å². The quantitative estimate of drug-likeness (QED) is 0.712. The van der Waals surface area contributed by atoms with Crippen LogP contribution in [0.4, 0.5) is 0 Å². The van der Waals surface area contributed by atoms with Gasteiger partial charge in [0.1, 0.15) is 0 Å². The van der Waals surface area contributed by atoms with E-state index in [9.17, 15) is 4.79 Å². The van der Waals surface area contributed by atoms with E-state index in [-0.39, 0.29) is 18.3 Å². The Kier molecular flexibility index (Phi) is 10.4. The molecule has 0 aliphatic carbocycles. The summed E-state index contributed by atoms with van der Waals surface area (Å²) < 4.78 is 0. The number of nitrogens with two attached hydrogens (primary N) is 1. The molecule has 0 fully saturated rings. The van der Waals surface area contributed by atoms with Crippen molar-refractivity contribution in [2.75, 3.05) is 13.1 Å². The zero-order valence-electron chi connectivity index (χ0n) is 10.7. The first-order chi connectivity index (χ1) is 8.33. The molecule has 18 heavy (non-hydrogen) atoms. The SMILES string of the molecule is Cl.NCCCCNC(=O)CCCc1ccccc1. The highest BCUT2D eigenvalue weighted by molar-refractivity contribution is 5.85. The van der Waals surface area contributed by atoms with Crippen molar-refractivity contribution in [1.29, 1.82) is 0 Å². The molecule has 0 atom stereocenters. The van der Waals surface area contributed by atoms with E-state index < -0.39 is 0 Å². The Balaban J connectivity index is 0.00000289. The fourth-order valence-electron chi connectivity index (χ4n) is 1.68. The predicted molar refractivity (Wildman–Crippen MR) is 77.9 cm³/mol. The molecular weight excluding hydrogens is 248 g/mol. The number of carbonyl (C=O) groups is 1. The standard InChI is InChI=1S/C14H22N2O.ClH/c15-11-4-5-12-16-14(17)10-6-9-13-7-2-1-3-8-13;/h1-3,7-8H,4-6,9-12,15H2,(H,16,17);1H. The van der Waals surface area contributed by atoms with Crippen LogP contribution in [-0.2, 0) is 11.2 Å². The molecule has 0 aliphatic rings. The summed E-state index contributed by atoms with van der Waals surface area (Å²) >= 11 is 0. The van der Waals surface area contributed by atoms with Gasteiger partial charge in [-0.05, 0) is 37.8 Å². The zero-order valence-corrected chi connectivity index (χ0v) is 11.5. The molecule has 0 heterocycles. The number of halogens is 1. The van der Waals surface area contributed by atoms with Crippen LogP contribution in [0.1, 0.15) is 31.2 Å². The maximum atomic E-state index is 11.5. The fraction of sp³-hybridized carbons (Fsp3) is 0.500. The third-order valence-corrected chi connectivity index (χ3v) is 2.67. The second-order valence-corrected chi connectivity index (χ2v) is 4.18. The van der Waals surface area contributed by atoms with Gasteiger partial charge in [0.15, 0.2) is 0 Å². The van der Waals surface area contributed by atoms with E-state index in [1.54, 1.807) is 0 Å². The Labute approximate surface area is 116 Å². The molecule has 0 spiro atoms. The lowest BCUT2D eigenvalue weighted by Crippen LogP contribution is -2.24. The van der Waals surface area contributed by atoms with Gasteiger partial charge in [-0.15, -0.1) is 12.4 Å². The van der Waals surface area contributed by atoms with Gasteiger partial charge in [0, 0.05) is 13.0 Å². The number of hydrogen-bond donors (Lipinski definition) is 2. The third-order valence-electron chi connectivity index (χ3n) is 2.67. The second kappa shape index (κ2) is 11.1. The normalized spacial score (nSPS) is 9.61. The molecule has 4 heteroatoms. The lowest BCUT2D eigenvalue weighted by molar-refractivity contribution is -0.121. The predicted octanol–water partition coefficient (Wildman–Crippen LogP) is 2.29. The van der Waals surface area contributed by atoms with Crippen molar-refractivity contribution in [3.8, 4) is 0 Å². The van der Waals surface area contributed by atoms with E-state index in [1.165, 1.54) is 5.56 Å². The molecule has 0 unspecified atom stereocenters. The van der Waals surface area contributed by atoms with Gasteiger partial charge in [0.05, 0.1) is 0 Å². The maximum absolute atomic E-state index is 11.5. The van der Waals surface area contributed by atoms with E-state index in [0.717, 1.165) is 32.2 Å². The Bertz CT molecular complexity index is 317. The Morgan fingerprint density at radius 2 is 1.83 bits per heavy atom. The lowest BCUT2D eigenvalue weighted by Gasteiger charge is -2.04. The number of amides is 1. The Morgan fingerprint density at radius 1 is 1.11 bits per heavy atom. The minimum atomic E-state index is 0. The minimum Gasteiger partial charge on any atom is -0.356 e. The van der Waals surface area contributed by atoms with Crippen LogP contribution in [-0.4, -0.2) is 19.0 Å². The molecule has 3 N–H and O–H groups in total. The molecule has 102 valence electrons. The van der Waals surface area contributed by atoms with Crippen molar-refractivity contribution in [1.82, 2.24) is 5.32 Å². The average molecular weight is 271 g/mol. The first-order valence-electron chi connectivity index (χ1n) is 6.33. The van der Waals surface area contributed by atoms with Crippen molar-refractivity contribution in [3.63, 3.8) is 0 Å². The topological polar surface area (TPSA) is 55.1 Å². The molecular formula is C14H23ClN2O. The summed E-state index contributed by atoms with van der Waals surface area (Å²) in [6.07, 6.45) is 4.44. The summed E-state index contributed by atoms with van der Waals surface area (Å²) in [5.74, 6) is 0.151. The summed E-state index contributed by atoms with van der Waals surface area (Å²) in [4.78, 5) is 11.5. The van der Waals surface area contributed by atoms with Crippen molar-refractivity contribution >= 4 is 18.3 Å². The number of unbranched alkanes of at least 4 members (excludes halogenated alkanes) is 1. The van der Waals surface area contributed by atoms with E-state index in [2.05, 4.69) is 17.4 Å². The van der Waals surface area contributed by atoms with Crippen molar-refractivity contribution in [3.05, 3.63) is 35.9 Å². The summed E-state index contributed by atoms with van der Waals surface area (Å²) in [5.41, 5.74) is 6.67. The van der Waals surface area contributed by atoms with E-state index >= 15 is 0 Å². The highest BCUT2D eigenvalue weighted by atomic mass is 35.5. The average Bonchev–Trinajstić information content (AvgIpc) is 2.36. The van der Waals surface area contributed by atoms with Crippen LogP contribution in [0.15, 0.2) is 30.3 Å². The van der Waals surface area contributed by atoms with Crippen molar-refractivity contribution in [2.24, 2.45) is 5.73 Å². The molecule has 0 bridgehead atoms. The van der Waals surface area contributed by atoms with Crippen LogP contribution in [0.2, 0.25) is 0 Å². The van der Waals surface area contributed by atoms with Crippen LogP contribution in [0, 0.1) is 0 Å². The first kappa shape index (κ1) is 16.9. The van der Waals surface area contributed by atoms with Crippen molar-refractivity contribution in [2.45, 2.75) is 32.1 Å². The number of carbonyl (C=O) groups excluding carboxylic acids is 1. The van der Waals surface area contributed by atoms with E-state index in [4.69, 9.17) is 5.73 Å². The molecule has 0 radical (unpaired) electrons. The molecule has 1 amide bonds. The first-order valence-corrected chi connectivity index (χ1v) is 6.33. The van der Waals surface area contributed by atoms with Gasteiger partial charge in [0.25, 0.3) is 0 Å². The van der Waals surface area contributed by atoms with Gasteiger partial charge in [-0.3, -0.25) is 4.79 Å². The number of rotatable bonds is 8. The van der Waals surface area contributed by atoms with Gasteiger partial charge in [-0.2, -0.15) is 0 Å². The fourth-order valence-corrected chi connectivity index (χ4v) is 1.68. The molecule has 1 aromatic carbocycles. The molecule has 3 nitrogen and oxygen atoms in total. The summed E-state index contributed by atoms with van der Waals surface area (Å²) in [6.45, 7) is 1.45. The summed E-state index contributed by atoms with van der Waals surface area (Å²) in [7, 11) is 0. The highest BCUT2D eigenvalue weighted by Crippen LogP contribution is 2.04. The van der Waals surface area contributed by atoms with Crippen LogP contribution < -0.4 is 11.1 Å². The minimum absolute atomic E-state index is 0. The molecule has 0 saturated carbocycles. The molecule has 1 aromatic rings. The maximum Gasteiger partial charge on any atom is 0.220 e. The van der Waals surface area contributed by atoms with Gasteiger partial charge in [0.2, 0.25) is 5.91 Å². The van der Waals surface area contributed by atoms with Crippen LogP contribution >= 0.6 is 12.4 Å². The monoisotopic (exact) mass is 270 g/mol. The number of nitrogens with one attached hydrogen (secondary N) is 1. The second-order valence-electron chi connectivity index (χ2n) is 4.18. The molecule has 0 aliphatic heterocycles. The number of hydrogen-bond acceptors (Lipinski definition) is 2. The summed E-state index contributed by atoms with van der Waals surface area (Å²) in [6, 6.07) is 10.3. The number of aryl methyl sites for hydroxylation is 1. The van der Waals surface area contributed by atoms with Crippen LogP contribution in [0.25, 0.3) is 0 Å². The highest BCUT2D eigenvalue weighted by Gasteiger charge is 2.00. The molecule has 1 rings (SSSR count). The van der Waals surface area contributed by atoms with Gasteiger partial charge >= 0.3 is 0 Å².